The van der Waals surface area contributed by atoms with Crippen molar-refractivity contribution in [1.82, 2.24) is 0 Å². The van der Waals surface area contributed by atoms with Gasteiger partial charge in [-0.3, -0.25) is 0 Å². The lowest BCUT2D eigenvalue weighted by Crippen LogP contribution is -2.13. The van der Waals surface area contributed by atoms with Crippen LogP contribution in [0.1, 0.15) is 41.2 Å². The van der Waals surface area contributed by atoms with Crippen LogP contribution >= 0.6 is 0 Å². The Morgan fingerprint density at radius 3 is 2.86 bits per heavy atom. The summed E-state index contributed by atoms with van der Waals surface area (Å²) in [7, 11) is 0. The van der Waals surface area contributed by atoms with E-state index in [1.165, 1.54) is 23.3 Å². The van der Waals surface area contributed by atoms with E-state index in [-0.39, 0.29) is 11.9 Å². The summed E-state index contributed by atoms with van der Waals surface area (Å²) in [6.45, 7) is 0.809. The molecule has 0 heterocycles. The summed E-state index contributed by atoms with van der Waals surface area (Å²) >= 11 is 0. The highest BCUT2D eigenvalue weighted by Crippen LogP contribution is 2.33. The minimum Gasteiger partial charge on any atom is -0.369 e. The van der Waals surface area contributed by atoms with Gasteiger partial charge in [0, 0.05) is 6.54 Å². The Bertz CT molecular complexity index is 626. The van der Waals surface area contributed by atoms with Crippen LogP contribution in [0.5, 0.6) is 0 Å². The standard InChI is InChI=1S/C18H20FNO/c19-16-9-8-14(15(10-16)11-20)12-21-18-7-3-5-13-4-1-2-6-17(13)18/h1-2,4,6,8-10,18H,3,5,7,11-12,20H2. The number of benzene rings is 2. The van der Waals surface area contributed by atoms with Crippen LogP contribution in [-0.4, -0.2) is 0 Å². The fourth-order valence-electron chi connectivity index (χ4n) is 3.00. The molecule has 1 atom stereocenters. The predicted molar refractivity (Wildman–Crippen MR) is 81.2 cm³/mol. The van der Waals surface area contributed by atoms with Gasteiger partial charge in [-0.2, -0.15) is 0 Å². The van der Waals surface area contributed by atoms with Crippen molar-refractivity contribution in [3.05, 3.63) is 70.5 Å². The molecule has 3 rings (SSSR count). The Morgan fingerprint density at radius 1 is 1.14 bits per heavy atom. The van der Waals surface area contributed by atoms with Gasteiger partial charge in [-0.1, -0.05) is 30.3 Å². The van der Waals surface area contributed by atoms with Gasteiger partial charge in [-0.15, -0.1) is 0 Å². The number of ether oxygens (including phenoxy) is 1. The zero-order valence-corrected chi connectivity index (χ0v) is 12.0. The van der Waals surface area contributed by atoms with Crippen LogP contribution in [0.2, 0.25) is 0 Å². The Labute approximate surface area is 124 Å². The molecule has 0 radical (unpaired) electrons. The molecule has 0 fully saturated rings. The smallest absolute Gasteiger partial charge is 0.123 e. The van der Waals surface area contributed by atoms with Crippen molar-refractivity contribution >= 4 is 0 Å². The first-order valence-electron chi connectivity index (χ1n) is 7.44. The lowest BCUT2D eigenvalue weighted by atomic mass is 9.89. The van der Waals surface area contributed by atoms with E-state index in [9.17, 15) is 4.39 Å². The third-order valence-electron chi connectivity index (χ3n) is 4.14. The average molecular weight is 285 g/mol. The van der Waals surface area contributed by atoms with E-state index in [2.05, 4.69) is 24.3 Å². The maximum absolute atomic E-state index is 13.2. The van der Waals surface area contributed by atoms with E-state index in [0.717, 1.165) is 30.4 Å². The molecule has 0 amide bonds. The average Bonchev–Trinajstić information content (AvgIpc) is 2.53. The molecule has 21 heavy (non-hydrogen) atoms. The Morgan fingerprint density at radius 2 is 2.00 bits per heavy atom. The number of rotatable bonds is 4. The highest BCUT2D eigenvalue weighted by Gasteiger charge is 2.20. The maximum atomic E-state index is 13.2. The largest absolute Gasteiger partial charge is 0.369 e. The molecule has 2 N–H and O–H groups in total. The predicted octanol–water partition coefficient (Wildman–Crippen LogP) is 3.88. The fraction of sp³-hybridized carbons (Fsp3) is 0.333. The summed E-state index contributed by atoms with van der Waals surface area (Å²) in [5.74, 6) is -0.248. The first kappa shape index (κ1) is 14.2. The molecule has 0 saturated heterocycles. The van der Waals surface area contributed by atoms with Crippen molar-refractivity contribution in [2.24, 2.45) is 5.73 Å². The van der Waals surface area contributed by atoms with Crippen molar-refractivity contribution in [1.29, 1.82) is 0 Å². The molecular weight excluding hydrogens is 265 g/mol. The second-order valence-electron chi connectivity index (χ2n) is 5.51. The van der Waals surface area contributed by atoms with Gasteiger partial charge in [-0.25, -0.2) is 4.39 Å². The van der Waals surface area contributed by atoms with E-state index in [1.54, 1.807) is 6.07 Å². The van der Waals surface area contributed by atoms with Crippen molar-refractivity contribution < 1.29 is 9.13 Å². The second-order valence-corrected chi connectivity index (χ2v) is 5.51. The van der Waals surface area contributed by atoms with Crippen molar-refractivity contribution in [2.45, 2.75) is 38.5 Å². The summed E-state index contributed by atoms with van der Waals surface area (Å²) < 4.78 is 19.3. The van der Waals surface area contributed by atoms with E-state index in [4.69, 9.17) is 10.5 Å². The second kappa shape index (κ2) is 6.37. The van der Waals surface area contributed by atoms with Crippen LogP contribution in [0.15, 0.2) is 42.5 Å². The van der Waals surface area contributed by atoms with Gasteiger partial charge in [0.1, 0.15) is 5.82 Å². The summed E-state index contributed by atoms with van der Waals surface area (Å²) in [5, 5.41) is 0. The lowest BCUT2D eigenvalue weighted by molar-refractivity contribution is 0.0279. The summed E-state index contributed by atoms with van der Waals surface area (Å²) in [5.41, 5.74) is 10.1. The van der Waals surface area contributed by atoms with Crippen molar-refractivity contribution in [2.75, 3.05) is 0 Å². The van der Waals surface area contributed by atoms with Gasteiger partial charge in [0.25, 0.3) is 0 Å². The summed E-state index contributed by atoms with van der Waals surface area (Å²) in [4.78, 5) is 0. The van der Waals surface area contributed by atoms with Gasteiger partial charge in [0.05, 0.1) is 12.7 Å². The molecule has 3 heteroatoms. The minimum atomic E-state index is -0.248. The maximum Gasteiger partial charge on any atom is 0.123 e. The number of hydrogen-bond donors (Lipinski definition) is 1. The third-order valence-corrected chi connectivity index (χ3v) is 4.14. The highest BCUT2D eigenvalue weighted by atomic mass is 19.1. The highest BCUT2D eigenvalue weighted by molar-refractivity contribution is 5.31. The van der Waals surface area contributed by atoms with Crippen LogP contribution in [0.4, 0.5) is 4.39 Å². The van der Waals surface area contributed by atoms with Crippen molar-refractivity contribution in [3.8, 4) is 0 Å². The topological polar surface area (TPSA) is 35.2 Å². The Kier molecular flexibility index (Phi) is 4.32. The van der Waals surface area contributed by atoms with Crippen molar-refractivity contribution in [3.63, 3.8) is 0 Å². The number of halogens is 1. The van der Waals surface area contributed by atoms with Crippen LogP contribution in [0.25, 0.3) is 0 Å². The van der Waals surface area contributed by atoms with E-state index in [1.807, 2.05) is 0 Å². The quantitative estimate of drug-likeness (QED) is 0.925. The monoisotopic (exact) mass is 285 g/mol. The number of fused-ring (bicyclic) bond motifs is 1. The lowest BCUT2D eigenvalue weighted by Gasteiger charge is -2.26. The van der Waals surface area contributed by atoms with Crippen LogP contribution in [0, 0.1) is 5.82 Å². The fourth-order valence-corrected chi connectivity index (χ4v) is 3.00. The number of aryl methyl sites for hydroxylation is 1. The molecule has 2 aromatic rings. The molecule has 110 valence electrons. The molecule has 1 unspecified atom stereocenters. The molecule has 0 bridgehead atoms. The number of nitrogens with two attached hydrogens (primary N) is 1. The van der Waals surface area contributed by atoms with Gasteiger partial charge in [0.2, 0.25) is 0 Å². The molecule has 0 spiro atoms. The number of hydrogen-bond acceptors (Lipinski definition) is 2. The zero-order chi connectivity index (χ0) is 14.7. The van der Waals surface area contributed by atoms with Gasteiger partial charge < -0.3 is 10.5 Å². The molecule has 2 aromatic carbocycles. The first-order valence-corrected chi connectivity index (χ1v) is 7.44. The molecule has 1 aliphatic carbocycles. The molecule has 1 aliphatic rings. The van der Waals surface area contributed by atoms with Gasteiger partial charge in [0.15, 0.2) is 0 Å². The molecule has 0 aliphatic heterocycles. The molecule has 2 nitrogen and oxygen atoms in total. The summed E-state index contributed by atoms with van der Waals surface area (Å²) in [6, 6.07) is 13.2. The van der Waals surface area contributed by atoms with Crippen LogP contribution in [0.3, 0.4) is 0 Å². The molecule has 0 aromatic heterocycles. The first-order chi connectivity index (χ1) is 10.3. The van der Waals surface area contributed by atoms with E-state index < -0.39 is 0 Å². The SMILES string of the molecule is NCc1cc(F)ccc1COC1CCCc2ccccc21. The molecular formula is C18H20FNO. The van der Waals surface area contributed by atoms with Crippen LogP contribution in [-0.2, 0) is 24.3 Å². The van der Waals surface area contributed by atoms with Crippen LogP contribution < -0.4 is 5.73 Å². The summed E-state index contributed by atoms with van der Waals surface area (Å²) in [6.07, 6.45) is 3.44. The third kappa shape index (κ3) is 3.14. The van der Waals surface area contributed by atoms with Gasteiger partial charge in [-0.05, 0) is 53.6 Å². The zero-order valence-electron chi connectivity index (χ0n) is 12.0. The normalized spacial score (nSPS) is 17.5. The molecule has 0 saturated carbocycles. The minimum absolute atomic E-state index is 0.130. The van der Waals surface area contributed by atoms with E-state index >= 15 is 0 Å². The van der Waals surface area contributed by atoms with Gasteiger partial charge >= 0.3 is 0 Å². The van der Waals surface area contributed by atoms with E-state index in [0.29, 0.717) is 13.2 Å². The Hall–Kier alpha value is -1.71. The Balaban J connectivity index is 1.74.